The Labute approximate surface area is 126 Å². The lowest BCUT2D eigenvalue weighted by Gasteiger charge is -2.08. The van der Waals surface area contributed by atoms with Crippen LogP contribution in [0.25, 0.3) is 11.5 Å². The van der Waals surface area contributed by atoms with Crippen LogP contribution in [0, 0.1) is 3.57 Å². The average Bonchev–Trinajstić information content (AvgIpc) is 2.35. The van der Waals surface area contributed by atoms with E-state index in [0.717, 1.165) is 13.7 Å². The molecule has 0 spiro atoms. The second-order valence-corrected chi connectivity index (χ2v) is 5.39. The molecule has 0 radical (unpaired) electrons. The summed E-state index contributed by atoms with van der Waals surface area (Å²) in [5.74, 6) is 0.928. The Morgan fingerprint density at radius 3 is 2.89 bits per heavy atom. The number of methoxy groups -OCH3 is 1. The number of halogens is 2. The van der Waals surface area contributed by atoms with Crippen molar-refractivity contribution in [3.8, 4) is 11.5 Å². The van der Waals surface area contributed by atoms with Crippen LogP contribution in [-0.4, -0.2) is 22.1 Å². The monoisotopic (exact) mass is 420 g/mol. The predicted octanol–water partition coefficient (Wildman–Crippen LogP) is 2.63. The van der Waals surface area contributed by atoms with Crippen LogP contribution in [0.3, 0.4) is 0 Å². The van der Waals surface area contributed by atoms with E-state index < -0.39 is 0 Å². The number of ether oxygens (including phenoxy) is 1. The highest BCUT2D eigenvalue weighted by molar-refractivity contribution is 14.1. The highest BCUT2D eigenvalue weighted by Crippen LogP contribution is 2.26. The molecule has 2 aromatic heterocycles. The van der Waals surface area contributed by atoms with E-state index >= 15 is 0 Å². The van der Waals surface area contributed by atoms with Crippen molar-refractivity contribution in [1.29, 1.82) is 0 Å². The normalized spacial score (nSPS) is 10.6. The maximum atomic E-state index is 5.88. The predicted molar refractivity (Wildman–Crippen MR) is 80.8 cm³/mol. The molecule has 0 saturated heterocycles. The SMILES string of the molecule is COCc1nc(-c2ncccc2Br)nc(N)c1I. The van der Waals surface area contributed by atoms with E-state index in [9.17, 15) is 0 Å². The first-order valence-corrected chi connectivity index (χ1v) is 6.92. The molecule has 2 N–H and O–H groups in total. The van der Waals surface area contributed by atoms with Crippen LogP contribution in [-0.2, 0) is 11.3 Å². The maximum Gasteiger partial charge on any atom is 0.181 e. The highest BCUT2D eigenvalue weighted by Gasteiger charge is 2.13. The van der Waals surface area contributed by atoms with Crippen molar-refractivity contribution >= 4 is 44.3 Å². The van der Waals surface area contributed by atoms with Crippen LogP contribution >= 0.6 is 38.5 Å². The van der Waals surface area contributed by atoms with E-state index in [1.165, 1.54) is 0 Å². The van der Waals surface area contributed by atoms with Crippen LogP contribution in [0.1, 0.15) is 5.69 Å². The van der Waals surface area contributed by atoms with Crippen LogP contribution in [0.15, 0.2) is 22.8 Å². The standard InChI is InChI=1S/C11H10BrIN4O/c1-18-5-7-8(13)10(14)17-11(16-7)9-6(12)3-2-4-15-9/h2-4H,5H2,1H3,(H2,14,16,17). The molecule has 5 nitrogen and oxygen atoms in total. The number of nitrogens with two attached hydrogens (primary N) is 1. The number of hydrogen-bond acceptors (Lipinski definition) is 5. The van der Waals surface area contributed by atoms with Gasteiger partial charge in [0.1, 0.15) is 11.5 Å². The molecule has 18 heavy (non-hydrogen) atoms. The van der Waals surface area contributed by atoms with Crippen molar-refractivity contribution in [3.05, 3.63) is 32.1 Å². The zero-order valence-corrected chi connectivity index (χ0v) is 13.3. The molecule has 2 rings (SSSR count). The summed E-state index contributed by atoms with van der Waals surface area (Å²) in [6.07, 6.45) is 1.69. The quantitative estimate of drug-likeness (QED) is 0.772. The van der Waals surface area contributed by atoms with E-state index in [-0.39, 0.29) is 0 Å². The van der Waals surface area contributed by atoms with Gasteiger partial charge in [0.15, 0.2) is 5.82 Å². The summed E-state index contributed by atoms with van der Waals surface area (Å²) < 4.78 is 6.74. The number of hydrogen-bond donors (Lipinski definition) is 1. The van der Waals surface area contributed by atoms with E-state index in [4.69, 9.17) is 10.5 Å². The lowest BCUT2D eigenvalue weighted by atomic mass is 10.3. The van der Waals surface area contributed by atoms with Gasteiger partial charge in [-0.25, -0.2) is 9.97 Å². The van der Waals surface area contributed by atoms with Crippen LogP contribution in [0.5, 0.6) is 0 Å². The van der Waals surface area contributed by atoms with Crippen molar-refractivity contribution in [2.45, 2.75) is 6.61 Å². The minimum atomic E-state index is 0.391. The van der Waals surface area contributed by atoms with Gasteiger partial charge >= 0.3 is 0 Å². The fraction of sp³-hybridized carbons (Fsp3) is 0.182. The van der Waals surface area contributed by atoms with Crippen molar-refractivity contribution in [3.63, 3.8) is 0 Å². The Hall–Kier alpha value is -0.800. The molecule has 0 saturated carbocycles. The number of nitrogens with zero attached hydrogens (tertiary/aromatic N) is 3. The Kier molecular flexibility index (Phi) is 4.46. The summed E-state index contributed by atoms with van der Waals surface area (Å²) >= 11 is 5.53. The molecule has 94 valence electrons. The summed E-state index contributed by atoms with van der Waals surface area (Å²) in [5, 5.41) is 0. The molecule has 2 heterocycles. The van der Waals surface area contributed by atoms with Crippen LogP contribution in [0.4, 0.5) is 5.82 Å². The van der Waals surface area contributed by atoms with E-state index in [2.05, 4.69) is 53.5 Å². The summed E-state index contributed by atoms with van der Waals surface area (Å²) in [7, 11) is 1.62. The molecule has 0 unspecified atom stereocenters. The van der Waals surface area contributed by atoms with Gasteiger partial charge in [0.25, 0.3) is 0 Å². The molecule has 0 fully saturated rings. The summed E-state index contributed by atoms with van der Waals surface area (Å²) in [6, 6.07) is 3.72. The second-order valence-electron chi connectivity index (χ2n) is 3.46. The van der Waals surface area contributed by atoms with Gasteiger partial charge in [0.2, 0.25) is 0 Å². The maximum absolute atomic E-state index is 5.88. The number of anilines is 1. The Morgan fingerprint density at radius 1 is 1.44 bits per heavy atom. The third kappa shape index (κ3) is 2.78. The molecule has 0 aromatic carbocycles. The summed E-state index contributed by atoms with van der Waals surface area (Å²) in [6.45, 7) is 0.391. The molecular formula is C11H10BrIN4O. The zero-order valence-electron chi connectivity index (χ0n) is 9.52. The van der Waals surface area contributed by atoms with Crippen LogP contribution < -0.4 is 5.73 Å². The first-order valence-electron chi connectivity index (χ1n) is 5.05. The number of pyridine rings is 1. The molecule has 0 bridgehead atoms. The highest BCUT2D eigenvalue weighted by atomic mass is 127. The summed E-state index contributed by atoms with van der Waals surface area (Å²) in [5.41, 5.74) is 7.31. The zero-order chi connectivity index (χ0) is 13.1. The third-order valence-electron chi connectivity index (χ3n) is 2.20. The molecule has 0 aliphatic rings. The average molecular weight is 421 g/mol. The smallest absolute Gasteiger partial charge is 0.181 e. The van der Waals surface area contributed by atoms with Crippen molar-refractivity contribution < 1.29 is 4.74 Å². The second kappa shape index (κ2) is 5.89. The van der Waals surface area contributed by atoms with Gasteiger partial charge in [-0.15, -0.1) is 0 Å². The lowest BCUT2D eigenvalue weighted by Crippen LogP contribution is -2.06. The number of rotatable bonds is 3. The molecular weight excluding hydrogens is 411 g/mol. The number of nitrogen functional groups attached to an aromatic ring is 1. The Balaban J connectivity index is 2.56. The van der Waals surface area contributed by atoms with Gasteiger partial charge in [0.05, 0.1) is 15.9 Å². The lowest BCUT2D eigenvalue weighted by molar-refractivity contribution is 0.181. The van der Waals surface area contributed by atoms with Crippen molar-refractivity contribution in [2.75, 3.05) is 12.8 Å². The first kappa shape index (κ1) is 13.6. The molecule has 0 amide bonds. The fourth-order valence-electron chi connectivity index (χ4n) is 1.40. The fourth-order valence-corrected chi connectivity index (χ4v) is 2.23. The van der Waals surface area contributed by atoms with Gasteiger partial charge in [0, 0.05) is 17.8 Å². The van der Waals surface area contributed by atoms with Crippen molar-refractivity contribution in [2.24, 2.45) is 0 Å². The third-order valence-corrected chi connectivity index (χ3v) is 4.01. The first-order chi connectivity index (χ1) is 8.63. The summed E-state index contributed by atoms with van der Waals surface area (Å²) in [4.78, 5) is 12.9. The largest absolute Gasteiger partial charge is 0.383 e. The Bertz CT molecular complexity index is 579. The molecule has 0 atom stereocenters. The van der Waals surface area contributed by atoms with Gasteiger partial charge < -0.3 is 10.5 Å². The van der Waals surface area contributed by atoms with Gasteiger partial charge in [-0.05, 0) is 50.7 Å². The number of aromatic nitrogens is 3. The van der Waals surface area contributed by atoms with Crippen molar-refractivity contribution in [1.82, 2.24) is 15.0 Å². The van der Waals surface area contributed by atoms with E-state index in [1.807, 2.05) is 12.1 Å². The van der Waals surface area contributed by atoms with E-state index in [1.54, 1.807) is 13.3 Å². The molecule has 0 aliphatic heterocycles. The minimum absolute atomic E-state index is 0.391. The van der Waals surface area contributed by atoms with Gasteiger partial charge in [-0.1, -0.05) is 0 Å². The molecule has 2 aromatic rings. The van der Waals surface area contributed by atoms with Gasteiger partial charge in [-0.2, -0.15) is 0 Å². The van der Waals surface area contributed by atoms with Gasteiger partial charge in [-0.3, -0.25) is 4.98 Å². The molecule has 0 aliphatic carbocycles. The Morgan fingerprint density at radius 2 is 2.22 bits per heavy atom. The topological polar surface area (TPSA) is 73.9 Å². The minimum Gasteiger partial charge on any atom is -0.383 e. The van der Waals surface area contributed by atoms with Crippen LogP contribution in [0.2, 0.25) is 0 Å². The molecule has 7 heteroatoms. The van der Waals surface area contributed by atoms with E-state index in [0.29, 0.717) is 23.9 Å².